The first-order chi connectivity index (χ1) is 15.6. The molecule has 0 radical (unpaired) electrons. The number of nitro benzene ring substituents is 1. The molecule has 2 heterocycles. The lowest BCUT2D eigenvalue weighted by Crippen LogP contribution is -2.81. The quantitative estimate of drug-likeness (QED) is 0.261. The number of Topliss-reactive ketones (excluding diaryl/α,β-unsaturated/α-hetero) is 1. The molecule has 158 valence electrons. The maximum absolute atomic E-state index is 13.8. The molecule has 0 saturated heterocycles. The summed E-state index contributed by atoms with van der Waals surface area (Å²) in [4.78, 5) is 34.0. The Hall–Kier alpha value is -4.23. The zero-order valence-electron chi connectivity index (χ0n) is 17.1. The number of pyridine rings is 2. The van der Waals surface area contributed by atoms with Crippen molar-refractivity contribution < 1.29 is 15.0 Å². The Balaban J connectivity index is 1.91. The van der Waals surface area contributed by atoms with Crippen LogP contribution in [-0.4, -0.2) is 20.7 Å². The van der Waals surface area contributed by atoms with Gasteiger partial charge in [0.05, 0.1) is 16.2 Å². The Labute approximate surface area is 185 Å². The minimum absolute atomic E-state index is 0.0496. The van der Waals surface area contributed by atoms with Gasteiger partial charge in [0.2, 0.25) is 5.82 Å². The van der Waals surface area contributed by atoms with E-state index in [1.54, 1.807) is 73.1 Å². The summed E-state index contributed by atoms with van der Waals surface area (Å²) < 4.78 is 0. The Morgan fingerprint density at radius 1 is 0.812 bits per heavy atom. The van der Waals surface area contributed by atoms with Gasteiger partial charge in [0, 0.05) is 30.1 Å². The molecule has 7 heteroatoms. The van der Waals surface area contributed by atoms with Crippen molar-refractivity contribution >= 4 is 17.3 Å². The summed E-state index contributed by atoms with van der Waals surface area (Å²) in [5.74, 6) is -0.321. The number of aromatic nitrogens is 2. The largest absolute Gasteiger partial charge is 0.293 e. The van der Waals surface area contributed by atoms with E-state index in [0.29, 0.717) is 22.6 Å². The summed E-state index contributed by atoms with van der Waals surface area (Å²) in [6.45, 7) is 0. The highest BCUT2D eigenvalue weighted by molar-refractivity contribution is 6.01. The van der Waals surface area contributed by atoms with E-state index in [1.165, 1.54) is 6.07 Å². The van der Waals surface area contributed by atoms with Gasteiger partial charge in [-0.25, -0.2) is 4.98 Å². The maximum Gasteiger partial charge on any atom is 0.278 e. The van der Waals surface area contributed by atoms with Crippen molar-refractivity contribution in [2.24, 2.45) is 0 Å². The standard InChI is InChI=1S/C25H20N4O3/c30-25(18-10-2-1-3-11-18)23(20-13-6-8-16-26-20)24(28-22-15-7-9-17-27-22)19-12-4-5-14-21(19)29(31)32/h1-17,23-24H,(H,27,28)/p+1/t23-,24+/m0/s1. The van der Waals surface area contributed by atoms with Gasteiger partial charge in [0.15, 0.2) is 5.78 Å². The Morgan fingerprint density at radius 2 is 1.47 bits per heavy atom. The van der Waals surface area contributed by atoms with Crippen LogP contribution >= 0.6 is 0 Å². The van der Waals surface area contributed by atoms with Gasteiger partial charge in [-0.1, -0.05) is 54.6 Å². The van der Waals surface area contributed by atoms with Gasteiger partial charge in [-0.3, -0.25) is 25.2 Å². The summed E-state index contributed by atoms with van der Waals surface area (Å²) in [5, 5.41) is 13.7. The van der Waals surface area contributed by atoms with E-state index in [9.17, 15) is 14.9 Å². The molecule has 0 fully saturated rings. The smallest absolute Gasteiger partial charge is 0.278 e. The van der Waals surface area contributed by atoms with E-state index >= 15 is 0 Å². The number of nitro groups is 1. The molecule has 0 unspecified atom stereocenters. The molecule has 0 amide bonds. The summed E-state index contributed by atoms with van der Waals surface area (Å²) in [7, 11) is 0. The molecule has 2 aromatic heterocycles. The van der Waals surface area contributed by atoms with Crippen molar-refractivity contribution in [1.82, 2.24) is 9.97 Å². The molecule has 0 aliphatic carbocycles. The van der Waals surface area contributed by atoms with Crippen molar-refractivity contribution in [3.63, 3.8) is 0 Å². The fourth-order valence-corrected chi connectivity index (χ4v) is 3.78. The third-order valence-corrected chi connectivity index (χ3v) is 5.24. The highest BCUT2D eigenvalue weighted by atomic mass is 16.6. The predicted octanol–water partition coefficient (Wildman–Crippen LogP) is 3.99. The number of nitrogens with two attached hydrogens (primary N) is 1. The first-order valence-corrected chi connectivity index (χ1v) is 10.1. The summed E-state index contributed by atoms with van der Waals surface area (Å²) in [6.07, 6.45) is 3.27. The van der Waals surface area contributed by atoms with Crippen LogP contribution in [0.4, 0.5) is 11.5 Å². The molecule has 4 rings (SSSR count). The molecule has 7 nitrogen and oxygen atoms in total. The van der Waals surface area contributed by atoms with Crippen molar-refractivity contribution in [2.75, 3.05) is 0 Å². The Kier molecular flexibility index (Phi) is 6.38. The van der Waals surface area contributed by atoms with Crippen molar-refractivity contribution in [2.45, 2.75) is 12.0 Å². The van der Waals surface area contributed by atoms with Gasteiger partial charge < -0.3 is 0 Å². The number of quaternary nitrogens is 1. The number of para-hydroxylation sites is 1. The molecular formula is C25H21N4O3+. The number of carbonyl (C=O) groups is 1. The lowest BCUT2D eigenvalue weighted by atomic mass is 9.83. The van der Waals surface area contributed by atoms with E-state index in [4.69, 9.17) is 0 Å². The van der Waals surface area contributed by atoms with Gasteiger partial charge in [-0.15, -0.1) is 0 Å². The first kappa shape index (κ1) is 21.0. The molecule has 0 saturated carbocycles. The number of hydrogen-bond acceptors (Lipinski definition) is 5. The van der Waals surface area contributed by atoms with Crippen LogP contribution in [0.15, 0.2) is 103 Å². The SMILES string of the molecule is O=C(c1ccccc1)[C@@H](c1ccccn1)[C@H]([NH2+]c1ccccn1)c1ccccc1[N+](=O)[O-]. The fraction of sp³-hybridized carbons (Fsp3) is 0.0800. The van der Waals surface area contributed by atoms with Crippen LogP contribution in [0.1, 0.15) is 33.6 Å². The molecule has 0 bridgehead atoms. The van der Waals surface area contributed by atoms with E-state index < -0.39 is 16.9 Å². The Morgan fingerprint density at radius 3 is 2.12 bits per heavy atom. The van der Waals surface area contributed by atoms with Crippen LogP contribution in [0.3, 0.4) is 0 Å². The summed E-state index contributed by atoms with van der Waals surface area (Å²) in [5.41, 5.74) is 1.44. The molecule has 2 N–H and O–H groups in total. The second kappa shape index (κ2) is 9.72. The number of benzene rings is 2. The number of ketones is 1. The van der Waals surface area contributed by atoms with Gasteiger partial charge in [-0.2, -0.15) is 0 Å². The second-order valence-electron chi connectivity index (χ2n) is 7.23. The molecule has 2 atom stereocenters. The highest BCUT2D eigenvalue weighted by Gasteiger charge is 2.39. The average Bonchev–Trinajstić information content (AvgIpc) is 2.85. The normalized spacial score (nSPS) is 12.6. The minimum Gasteiger partial charge on any atom is -0.293 e. The molecular weight excluding hydrogens is 404 g/mol. The number of carbonyl (C=O) groups excluding carboxylic acids is 1. The molecule has 0 aliphatic rings. The Bertz CT molecular complexity index is 1200. The molecule has 2 aromatic carbocycles. The topological polar surface area (TPSA) is 103 Å². The average molecular weight is 425 g/mol. The second-order valence-corrected chi connectivity index (χ2v) is 7.23. The van der Waals surface area contributed by atoms with Crippen LogP contribution in [0.25, 0.3) is 0 Å². The summed E-state index contributed by atoms with van der Waals surface area (Å²) in [6, 6.07) is 25.6. The van der Waals surface area contributed by atoms with Gasteiger partial charge in [-0.05, 0) is 24.3 Å². The van der Waals surface area contributed by atoms with Gasteiger partial charge >= 0.3 is 0 Å². The van der Waals surface area contributed by atoms with Crippen LogP contribution in [0.2, 0.25) is 0 Å². The fourth-order valence-electron chi connectivity index (χ4n) is 3.78. The van der Waals surface area contributed by atoms with E-state index in [1.807, 2.05) is 29.6 Å². The predicted molar refractivity (Wildman–Crippen MR) is 119 cm³/mol. The zero-order valence-corrected chi connectivity index (χ0v) is 17.1. The monoisotopic (exact) mass is 425 g/mol. The number of nitrogens with zero attached hydrogens (tertiary/aromatic N) is 3. The van der Waals surface area contributed by atoms with Crippen LogP contribution in [0, 0.1) is 10.1 Å². The maximum atomic E-state index is 13.8. The van der Waals surface area contributed by atoms with Gasteiger partial charge in [0.1, 0.15) is 12.0 Å². The molecule has 32 heavy (non-hydrogen) atoms. The zero-order chi connectivity index (χ0) is 22.3. The van der Waals surface area contributed by atoms with Crippen LogP contribution in [0.5, 0.6) is 0 Å². The van der Waals surface area contributed by atoms with E-state index in [0.717, 1.165) is 0 Å². The summed E-state index contributed by atoms with van der Waals surface area (Å²) >= 11 is 0. The highest BCUT2D eigenvalue weighted by Crippen LogP contribution is 2.35. The number of rotatable bonds is 8. The minimum atomic E-state index is -0.776. The third kappa shape index (κ3) is 4.58. The third-order valence-electron chi connectivity index (χ3n) is 5.24. The van der Waals surface area contributed by atoms with Crippen LogP contribution in [-0.2, 0) is 0 Å². The van der Waals surface area contributed by atoms with Gasteiger partial charge in [0.25, 0.3) is 5.69 Å². The molecule has 0 aliphatic heterocycles. The van der Waals surface area contributed by atoms with Crippen LogP contribution < -0.4 is 5.32 Å². The molecule has 0 spiro atoms. The van der Waals surface area contributed by atoms with Crippen molar-refractivity contribution in [1.29, 1.82) is 0 Å². The van der Waals surface area contributed by atoms with Crippen molar-refractivity contribution in [3.05, 3.63) is 130 Å². The van der Waals surface area contributed by atoms with E-state index in [2.05, 4.69) is 9.97 Å². The lowest BCUT2D eigenvalue weighted by molar-refractivity contribution is -0.623. The first-order valence-electron chi connectivity index (χ1n) is 10.1. The lowest BCUT2D eigenvalue weighted by Gasteiger charge is -2.24. The van der Waals surface area contributed by atoms with Crippen molar-refractivity contribution in [3.8, 4) is 0 Å². The number of hydrogen-bond donors (Lipinski definition) is 1. The van der Waals surface area contributed by atoms with E-state index in [-0.39, 0.29) is 11.5 Å². The molecule has 4 aromatic rings.